The van der Waals surface area contributed by atoms with Gasteiger partial charge in [0.25, 0.3) is 5.91 Å². The molecule has 1 unspecified atom stereocenters. The van der Waals surface area contributed by atoms with Gasteiger partial charge in [0.05, 0.1) is 0 Å². The van der Waals surface area contributed by atoms with E-state index in [-0.39, 0.29) is 11.7 Å². The molecule has 0 aromatic heterocycles. The molecule has 1 aromatic carbocycles. The van der Waals surface area contributed by atoms with Gasteiger partial charge in [0.1, 0.15) is 5.82 Å². The molecular formula is C15H21FN2O. The minimum atomic E-state index is -0.293. The molecule has 0 bridgehead atoms. The van der Waals surface area contributed by atoms with Crippen LogP contribution in [0.4, 0.5) is 4.39 Å². The Balaban J connectivity index is 2.15. The molecule has 104 valence electrons. The van der Waals surface area contributed by atoms with Gasteiger partial charge in [-0.1, -0.05) is 6.92 Å². The van der Waals surface area contributed by atoms with Crippen molar-refractivity contribution in [1.82, 2.24) is 9.80 Å². The van der Waals surface area contributed by atoms with E-state index < -0.39 is 0 Å². The molecule has 1 fully saturated rings. The Kier molecular flexibility index (Phi) is 4.20. The number of benzene rings is 1. The first-order chi connectivity index (χ1) is 9.02. The van der Waals surface area contributed by atoms with Gasteiger partial charge in [-0.3, -0.25) is 9.69 Å². The quantitative estimate of drug-likeness (QED) is 0.818. The van der Waals surface area contributed by atoms with Crippen LogP contribution < -0.4 is 0 Å². The first kappa shape index (κ1) is 14.0. The predicted octanol–water partition coefficient (Wildman–Crippen LogP) is 2.30. The number of aryl methyl sites for hydroxylation is 1. The van der Waals surface area contributed by atoms with Crippen LogP contribution in [0.1, 0.15) is 29.3 Å². The summed E-state index contributed by atoms with van der Waals surface area (Å²) in [5.74, 6) is -0.275. The fourth-order valence-corrected chi connectivity index (χ4v) is 2.61. The molecule has 0 spiro atoms. The minimum Gasteiger partial charge on any atom is -0.336 e. The second-order valence-corrected chi connectivity index (χ2v) is 5.25. The number of halogens is 1. The van der Waals surface area contributed by atoms with Crippen LogP contribution in [0.3, 0.4) is 0 Å². The van der Waals surface area contributed by atoms with Gasteiger partial charge in [-0.2, -0.15) is 0 Å². The molecule has 1 atom stereocenters. The molecule has 1 aliphatic rings. The number of nitrogens with zero attached hydrogens (tertiary/aromatic N) is 2. The van der Waals surface area contributed by atoms with Gasteiger partial charge < -0.3 is 4.90 Å². The van der Waals surface area contributed by atoms with Gasteiger partial charge in [0, 0.05) is 31.2 Å². The fraction of sp³-hybridized carbons (Fsp3) is 0.533. The Morgan fingerprint density at radius 1 is 1.42 bits per heavy atom. The summed E-state index contributed by atoms with van der Waals surface area (Å²) >= 11 is 0. The zero-order valence-corrected chi connectivity index (χ0v) is 11.8. The van der Waals surface area contributed by atoms with Crippen molar-refractivity contribution in [3.05, 3.63) is 35.1 Å². The standard InChI is InChI=1S/C15H21FN2O/c1-4-13-10-18(8-7-17(13)3)15(19)14-6-5-12(16)9-11(14)2/h5-6,9,13H,4,7-8,10H2,1-3H3. The molecule has 4 heteroatoms. The van der Waals surface area contributed by atoms with E-state index in [2.05, 4.69) is 18.9 Å². The van der Waals surface area contributed by atoms with Crippen molar-refractivity contribution in [1.29, 1.82) is 0 Å². The van der Waals surface area contributed by atoms with Crippen LogP contribution in [0.2, 0.25) is 0 Å². The number of hydrogen-bond acceptors (Lipinski definition) is 2. The third-order valence-corrected chi connectivity index (χ3v) is 3.95. The molecule has 1 aliphatic heterocycles. The van der Waals surface area contributed by atoms with Crippen LogP contribution in [0.15, 0.2) is 18.2 Å². The molecule has 0 radical (unpaired) electrons. The molecule has 1 heterocycles. The summed E-state index contributed by atoms with van der Waals surface area (Å²) in [5.41, 5.74) is 1.32. The smallest absolute Gasteiger partial charge is 0.254 e. The lowest BCUT2D eigenvalue weighted by Crippen LogP contribution is -2.53. The van der Waals surface area contributed by atoms with Gasteiger partial charge >= 0.3 is 0 Å². The van der Waals surface area contributed by atoms with Crippen molar-refractivity contribution >= 4 is 5.91 Å². The Morgan fingerprint density at radius 2 is 2.16 bits per heavy atom. The van der Waals surface area contributed by atoms with E-state index in [1.807, 2.05) is 4.90 Å². The summed E-state index contributed by atoms with van der Waals surface area (Å²) in [4.78, 5) is 16.7. The van der Waals surface area contributed by atoms with Crippen LogP contribution in [-0.4, -0.2) is 48.4 Å². The van der Waals surface area contributed by atoms with Crippen molar-refractivity contribution < 1.29 is 9.18 Å². The average Bonchev–Trinajstić information content (AvgIpc) is 2.38. The monoisotopic (exact) mass is 264 g/mol. The zero-order valence-electron chi connectivity index (χ0n) is 11.8. The van der Waals surface area contributed by atoms with Crippen molar-refractivity contribution in [2.75, 3.05) is 26.7 Å². The third kappa shape index (κ3) is 2.95. The number of likely N-dealkylation sites (N-methyl/N-ethyl adjacent to an activating group) is 1. The van der Waals surface area contributed by atoms with E-state index in [4.69, 9.17) is 0 Å². The summed E-state index contributed by atoms with van der Waals surface area (Å²) in [6.07, 6.45) is 1.03. The Morgan fingerprint density at radius 3 is 2.79 bits per heavy atom. The Bertz CT molecular complexity index is 475. The maximum Gasteiger partial charge on any atom is 0.254 e. The highest BCUT2D eigenvalue weighted by Gasteiger charge is 2.27. The molecule has 2 rings (SSSR count). The second-order valence-electron chi connectivity index (χ2n) is 5.25. The van der Waals surface area contributed by atoms with Gasteiger partial charge in [0.2, 0.25) is 0 Å². The molecule has 0 N–H and O–H groups in total. The highest BCUT2D eigenvalue weighted by Crippen LogP contribution is 2.17. The zero-order chi connectivity index (χ0) is 14.0. The maximum absolute atomic E-state index is 13.1. The SMILES string of the molecule is CCC1CN(C(=O)c2ccc(F)cc2C)CCN1C. The van der Waals surface area contributed by atoms with Crippen molar-refractivity contribution in [3.8, 4) is 0 Å². The summed E-state index contributed by atoms with van der Waals surface area (Å²) in [6.45, 7) is 6.30. The number of rotatable bonds is 2. The predicted molar refractivity (Wildman–Crippen MR) is 73.7 cm³/mol. The van der Waals surface area contributed by atoms with E-state index in [0.717, 1.165) is 26.1 Å². The molecule has 1 aromatic rings. The number of hydrogen-bond donors (Lipinski definition) is 0. The summed E-state index contributed by atoms with van der Waals surface area (Å²) < 4.78 is 13.1. The van der Waals surface area contributed by atoms with E-state index in [1.165, 1.54) is 12.1 Å². The second kappa shape index (κ2) is 5.70. The molecule has 0 saturated carbocycles. The van der Waals surface area contributed by atoms with E-state index in [9.17, 15) is 9.18 Å². The van der Waals surface area contributed by atoms with Crippen LogP contribution in [0.25, 0.3) is 0 Å². The first-order valence-corrected chi connectivity index (χ1v) is 6.78. The minimum absolute atomic E-state index is 0.0176. The number of carbonyl (C=O) groups excluding carboxylic acids is 1. The van der Waals surface area contributed by atoms with Gasteiger partial charge in [-0.25, -0.2) is 4.39 Å². The first-order valence-electron chi connectivity index (χ1n) is 6.78. The molecule has 19 heavy (non-hydrogen) atoms. The largest absolute Gasteiger partial charge is 0.336 e. The average molecular weight is 264 g/mol. The van der Waals surface area contributed by atoms with Crippen LogP contribution in [0, 0.1) is 12.7 Å². The van der Waals surface area contributed by atoms with Crippen LogP contribution in [0.5, 0.6) is 0 Å². The lowest BCUT2D eigenvalue weighted by Gasteiger charge is -2.39. The highest BCUT2D eigenvalue weighted by molar-refractivity contribution is 5.95. The molecule has 1 amide bonds. The molecule has 0 aliphatic carbocycles. The van der Waals surface area contributed by atoms with E-state index in [1.54, 1.807) is 13.0 Å². The molecule has 3 nitrogen and oxygen atoms in total. The molecular weight excluding hydrogens is 243 g/mol. The third-order valence-electron chi connectivity index (χ3n) is 3.95. The van der Waals surface area contributed by atoms with Crippen molar-refractivity contribution in [3.63, 3.8) is 0 Å². The van der Waals surface area contributed by atoms with E-state index in [0.29, 0.717) is 17.2 Å². The summed E-state index contributed by atoms with van der Waals surface area (Å²) in [7, 11) is 2.10. The maximum atomic E-state index is 13.1. The van der Waals surface area contributed by atoms with E-state index >= 15 is 0 Å². The van der Waals surface area contributed by atoms with Crippen molar-refractivity contribution in [2.24, 2.45) is 0 Å². The number of amides is 1. The molecule has 1 saturated heterocycles. The van der Waals surface area contributed by atoms with Crippen LogP contribution >= 0.6 is 0 Å². The van der Waals surface area contributed by atoms with Gasteiger partial charge in [-0.15, -0.1) is 0 Å². The highest BCUT2D eigenvalue weighted by atomic mass is 19.1. The Hall–Kier alpha value is -1.42. The van der Waals surface area contributed by atoms with Gasteiger partial charge in [-0.05, 0) is 44.2 Å². The van der Waals surface area contributed by atoms with Crippen LogP contribution in [-0.2, 0) is 0 Å². The Labute approximate surface area is 114 Å². The normalized spacial score (nSPS) is 20.6. The van der Waals surface area contributed by atoms with Gasteiger partial charge in [0.15, 0.2) is 0 Å². The lowest BCUT2D eigenvalue weighted by atomic mass is 10.1. The lowest BCUT2D eigenvalue weighted by molar-refractivity contribution is 0.0541. The fourth-order valence-electron chi connectivity index (χ4n) is 2.61. The number of carbonyl (C=O) groups is 1. The summed E-state index contributed by atoms with van der Waals surface area (Å²) in [5, 5.41) is 0. The number of piperazine rings is 1. The summed E-state index contributed by atoms with van der Waals surface area (Å²) in [6, 6.07) is 4.78. The topological polar surface area (TPSA) is 23.6 Å². The van der Waals surface area contributed by atoms with Crippen molar-refractivity contribution in [2.45, 2.75) is 26.3 Å².